The van der Waals surface area contributed by atoms with Gasteiger partial charge in [-0.1, -0.05) is 17.7 Å². The van der Waals surface area contributed by atoms with Gasteiger partial charge in [-0.3, -0.25) is 0 Å². The Morgan fingerprint density at radius 3 is 2.80 bits per heavy atom. The number of nitrogens with zero attached hydrogens (tertiary/aromatic N) is 2. The van der Waals surface area contributed by atoms with E-state index in [1.54, 1.807) is 7.11 Å². The van der Waals surface area contributed by atoms with E-state index >= 15 is 0 Å². The summed E-state index contributed by atoms with van der Waals surface area (Å²) in [5.41, 5.74) is 7.12. The predicted molar refractivity (Wildman–Crippen MR) is 100.0 cm³/mol. The topological polar surface area (TPSA) is 82.3 Å². The molecule has 3 aromatic rings. The lowest BCUT2D eigenvalue weighted by atomic mass is 10.2. The van der Waals surface area contributed by atoms with Crippen molar-refractivity contribution in [3.63, 3.8) is 0 Å². The number of methoxy groups -OCH3 is 1. The fourth-order valence-electron chi connectivity index (χ4n) is 2.40. The molecule has 0 aliphatic rings. The first kappa shape index (κ1) is 17.3. The highest BCUT2D eigenvalue weighted by molar-refractivity contribution is 6.30. The lowest BCUT2D eigenvalue weighted by Gasteiger charge is -2.13. The van der Waals surface area contributed by atoms with Gasteiger partial charge in [0.15, 0.2) is 11.5 Å². The van der Waals surface area contributed by atoms with Gasteiger partial charge in [0.2, 0.25) is 0 Å². The van der Waals surface area contributed by atoms with E-state index in [9.17, 15) is 0 Å². The second-order valence-electron chi connectivity index (χ2n) is 5.37. The first-order chi connectivity index (χ1) is 12.2. The van der Waals surface area contributed by atoms with Crippen LogP contribution in [0.5, 0.6) is 11.5 Å². The van der Waals surface area contributed by atoms with E-state index in [1.807, 2.05) is 36.4 Å². The largest absolute Gasteiger partial charge is 0.493 e. The number of hydrogen-bond donors (Lipinski definition) is 2. The van der Waals surface area contributed by atoms with Crippen molar-refractivity contribution in [1.82, 2.24) is 9.97 Å². The summed E-state index contributed by atoms with van der Waals surface area (Å²) < 4.78 is 11.2. The average Bonchev–Trinajstić information content (AvgIpc) is 2.62. The van der Waals surface area contributed by atoms with E-state index < -0.39 is 0 Å². The Morgan fingerprint density at radius 2 is 2.04 bits per heavy atom. The van der Waals surface area contributed by atoms with Crippen LogP contribution in [-0.4, -0.2) is 30.2 Å². The zero-order chi connectivity index (χ0) is 17.6. The number of benzene rings is 2. The number of rotatable bonds is 7. The Hall–Kier alpha value is -2.57. The van der Waals surface area contributed by atoms with E-state index in [0.717, 1.165) is 23.0 Å². The molecular formula is C18H19ClN4O2. The molecule has 1 heterocycles. The highest BCUT2D eigenvalue weighted by atomic mass is 35.5. The van der Waals surface area contributed by atoms with Crippen molar-refractivity contribution in [3.05, 3.63) is 47.7 Å². The van der Waals surface area contributed by atoms with Crippen molar-refractivity contribution < 1.29 is 9.47 Å². The molecule has 0 radical (unpaired) electrons. The van der Waals surface area contributed by atoms with Crippen molar-refractivity contribution in [2.75, 3.05) is 25.6 Å². The van der Waals surface area contributed by atoms with Crippen LogP contribution >= 0.6 is 11.6 Å². The van der Waals surface area contributed by atoms with Gasteiger partial charge in [0.1, 0.15) is 12.1 Å². The second kappa shape index (κ2) is 8.00. The second-order valence-corrected chi connectivity index (χ2v) is 5.80. The van der Waals surface area contributed by atoms with Gasteiger partial charge in [0.05, 0.1) is 19.2 Å². The van der Waals surface area contributed by atoms with Crippen molar-refractivity contribution >= 4 is 34.0 Å². The first-order valence-electron chi connectivity index (χ1n) is 7.89. The number of nitrogens with one attached hydrogen (secondary N) is 1. The fraction of sp³-hybridized carbons (Fsp3) is 0.222. The quantitative estimate of drug-likeness (QED) is 0.626. The molecule has 0 bridgehead atoms. The van der Waals surface area contributed by atoms with E-state index in [0.29, 0.717) is 35.5 Å². The van der Waals surface area contributed by atoms with Gasteiger partial charge in [0.25, 0.3) is 0 Å². The van der Waals surface area contributed by atoms with Gasteiger partial charge in [-0.05, 0) is 37.2 Å². The Morgan fingerprint density at radius 1 is 1.16 bits per heavy atom. The molecule has 25 heavy (non-hydrogen) atoms. The zero-order valence-corrected chi connectivity index (χ0v) is 14.6. The van der Waals surface area contributed by atoms with Gasteiger partial charge in [-0.25, -0.2) is 9.97 Å². The summed E-state index contributed by atoms with van der Waals surface area (Å²) in [6.07, 6.45) is 2.27. The van der Waals surface area contributed by atoms with Crippen molar-refractivity contribution in [3.8, 4) is 11.5 Å². The van der Waals surface area contributed by atoms with Gasteiger partial charge >= 0.3 is 0 Å². The average molecular weight is 359 g/mol. The third kappa shape index (κ3) is 4.10. The molecule has 0 atom stereocenters. The van der Waals surface area contributed by atoms with Crippen LogP contribution < -0.4 is 20.5 Å². The van der Waals surface area contributed by atoms with Crippen molar-refractivity contribution in [2.45, 2.75) is 6.42 Å². The van der Waals surface area contributed by atoms with Crippen molar-refractivity contribution in [1.29, 1.82) is 0 Å². The Labute approximate surface area is 150 Å². The van der Waals surface area contributed by atoms with Gasteiger partial charge in [-0.15, -0.1) is 0 Å². The number of nitrogens with two attached hydrogens (primary N) is 1. The maximum Gasteiger partial charge on any atom is 0.162 e. The van der Waals surface area contributed by atoms with Crippen LogP contribution in [0, 0.1) is 0 Å². The summed E-state index contributed by atoms with van der Waals surface area (Å²) in [7, 11) is 1.60. The fourth-order valence-corrected chi connectivity index (χ4v) is 2.59. The molecule has 7 heteroatoms. The highest BCUT2D eigenvalue weighted by Gasteiger charge is 2.12. The zero-order valence-electron chi connectivity index (χ0n) is 13.8. The standard InChI is InChI=1S/C18H19ClN4O2/c1-24-16-10-15-14(9-17(16)25-7-3-6-20)18(22-11-21-15)23-13-5-2-4-12(19)8-13/h2,4-5,8-11H,3,6-7,20H2,1H3,(H,21,22,23). The number of ether oxygens (including phenoxy) is 2. The van der Waals surface area contributed by atoms with Gasteiger partial charge < -0.3 is 20.5 Å². The van der Waals surface area contributed by atoms with Crippen LogP contribution in [-0.2, 0) is 0 Å². The van der Waals surface area contributed by atoms with Crippen LogP contribution in [0.4, 0.5) is 11.5 Å². The lowest BCUT2D eigenvalue weighted by Crippen LogP contribution is -2.07. The minimum Gasteiger partial charge on any atom is -0.493 e. The molecule has 6 nitrogen and oxygen atoms in total. The third-order valence-corrected chi connectivity index (χ3v) is 3.85. The molecule has 0 spiro atoms. The SMILES string of the molecule is COc1cc2ncnc(Nc3cccc(Cl)c3)c2cc1OCCCN. The molecule has 0 aliphatic carbocycles. The molecule has 0 amide bonds. The van der Waals surface area contributed by atoms with Crippen LogP contribution in [0.2, 0.25) is 5.02 Å². The molecule has 0 aliphatic heterocycles. The number of anilines is 2. The van der Waals surface area contributed by atoms with E-state index in [2.05, 4.69) is 15.3 Å². The predicted octanol–water partition coefficient (Wildman–Crippen LogP) is 3.76. The molecule has 0 fully saturated rings. The molecule has 0 unspecified atom stereocenters. The van der Waals surface area contributed by atoms with E-state index in [-0.39, 0.29) is 0 Å². The number of fused-ring (bicyclic) bond motifs is 1. The Kier molecular flexibility index (Phi) is 5.53. The minimum absolute atomic E-state index is 0.517. The minimum atomic E-state index is 0.517. The normalized spacial score (nSPS) is 10.7. The summed E-state index contributed by atoms with van der Waals surface area (Å²) in [4.78, 5) is 8.66. The summed E-state index contributed by atoms with van der Waals surface area (Å²) in [6.45, 7) is 1.09. The molecule has 3 rings (SSSR count). The lowest BCUT2D eigenvalue weighted by molar-refractivity contribution is 0.292. The summed E-state index contributed by atoms with van der Waals surface area (Å²) >= 11 is 6.05. The molecule has 3 N–H and O–H groups in total. The number of aromatic nitrogens is 2. The smallest absolute Gasteiger partial charge is 0.162 e. The third-order valence-electron chi connectivity index (χ3n) is 3.61. The maximum absolute atomic E-state index is 6.05. The van der Waals surface area contributed by atoms with Gasteiger partial charge in [-0.2, -0.15) is 0 Å². The summed E-state index contributed by atoms with van der Waals surface area (Å²) in [6, 6.07) is 11.1. The van der Waals surface area contributed by atoms with Crippen LogP contribution in [0.15, 0.2) is 42.7 Å². The monoisotopic (exact) mass is 358 g/mol. The van der Waals surface area contributed by atoms with Crippen LogP contribution in [0.25, 0.3) is 10.9 Å². The highest BCUT2D eigenvalue weighted by Crippen LogP contribution is 2.34. The first-order valence-corrected chi connectivity index (χ1v) is 8.27. The molecule has 1 aromatic heterocycles. The van der Waals surface area contributed by atoms with Crippen LogP contribution in [0.1, 0.15) is 6.42 Å². The van der Waals surface area contributed by atoms with Crippen molar-refractivity contribution in [2.24, 2.45) is 5.73 Å². The molecule has 130 valence electrons. The maximum atomic E-state index is 6.05. The molecule has 2 aromatic carbocycles. The van der Waals surface area contributed by atoms with Gasteiger partial charge in [0, 0.05) is 22.2 Å². The van der Waals surface area contributed by atoms with E-state index in [4.69, 9.17) is 26.8 Å². The summed E-state index contributed by atoms with van der Waals surface area (Å²) in [5, 5.41) is 4.74. The van der Waals surface area contributed by atoms with E-state index in [1.165, 1.54) is 6.33 Å². The number of hydrogen-bond acceptors (Lipinski definition) is 6. The molecular weight excluding hydrogens is 340 g/mol. The van der Waals surface area contributed by atoms with Crippen LogP contribution in [0.3, 0.4) is 0 Å². The molecule has 0 saturated carbocycles. The molecule has 0 saturated heterocycles. The Balaban J connectivity index is 1.99. The number of halogens is 1. The Bertz CT molecular complexity index is 873. The summed E-state index contributed by atoms with van der Waals surface area (Å²) in [5.74, 6) is 1.92.